The average molecular weight is 215 g/mol. The number of nitrogens with two attached hydrogens (primary N) is 1. The molecule has 0 bridgehead atoms. The van der Waals surface area contributed by atoms with Gasteiger partial charge in [0.1, 0.15) is 5.82 Å². The second-order valence-electron chi connectivity index (χ2n) is 4.01. The van der Waals surface area contributed by atoms with Crippen molar-refractivity contribution in [3.05, 3.63) is 59.9 Å². The van der Waals surface area contributed by atoms with Crippen molar-refractivity contribution in [1.82, 2.24) is 0 Å². The topological polar surface area (TPSA) is 26.0 Å². The van der Waals surface area contributed by atoms with Crippen LogP contribution in [0, 0.1) is 5.82 Å². The Morgan fingerprint density at radius 2 is 1.81 bits per heavy atom. The molecule has 0 saturated heterocycles. The fourth-order valence-electron chi connectivity index (χ4n) is 1.82. The minimum atomic E-state index is -0.245. The van der Waals surface area contributed by atoms with Crippen LogP contribution in [0.1, 0.15) is 18.5 Å². The Morgan fingerprint density at radius 3 is 2.44 bits per heavy atom. The highest BCUT2D eigenvalue weighted by atomic mass is 19.1. The maximum Gasteiger partial charge on any atom is 0.131 e. The SMILES string of the molecule is C=C(C)C(N)c1ccc(F)c2ccccc12. The maximum atomic E-state index is 13.6. The van der Waals surface area contributed by atoms with E-state index < -0.39 is 0 Å². The summed E-state index contributed by atoms with van der Waals surface area (Å²) in [5, 5.41) is 1.47. The van der Waals surface area contributed by atoms with Crippen LogP contribution in [0.5, 0.6) is 0 Å². The Balaban J connectivity index is 2.72. The van der Waals surface area contributed by atoms with E-state index in [1.807, 2.05) is 25.1 Å². The summed E-state index contributed by atoms with van der Waals surface area (Å²) < 4.78 is 13.6. The van der Waals surface area contributed by atoms with Gasteiger partial charge in [-0.2, -0.15) is 0 Å². The molecule has 0 aliphatic rings. The van der Waals surface area contributed by atoms with Crippen molar-refractivity contribution in [3.63, 3.8) is 0 Å². The molecule has 2 rings (SSSR count). The van der Waals surface area contributed by atoms with Gasteiger partial charge in [0, 0.05) is 5.39 Å². The molecule has 0 aliphatic heterocycles. The first kappa shape index (κ1) is 10.8. The molecule has 0 saturated carbocycles. The highest BCUT2D eigenvalue weighted by molar-refractivity contribution is 5.87. The first-order chi connectivity index (χ1) is 7.61. The summed E-state index contributed by atoms with van der Waals surface area (Å²) in [5.41, 5.74) is 7.82. The van der Waals surface area contributed by atoms with Crippen molar-refractivity contribution in [3.8, 4) is 0 Å². The molecule has 16 heavy (non-hydrogen) atoms. The molecule has 2 heteroatoms. The molecule has 1 unspecified atom stereocenters. The van der Waals surface area contributed by atoms with Gasteiger partial charge in [-0.25, -0.2) is 4.39 Å². The van der Waals surface area contributed by atoms with Crippen LogP contribution in [-0.4, -0.2) is 0 Å². The van der Waals surface area contributed by atoms with Gasteiger partial charge in [-0.1, -0.05) is 42.5 Å². The van der Waals surface area contributed by atoms with E-state index in [-0.39, 0.29) is 11.9 Å². The summed E-state index contributed by atoms with van der Waals surface area (Å²) in [4.78, 5) is 0. The molecule has 0 aromatic heterocycles. The monoisotopic (exact) mass is 215 g/mol. The standard InChI is InChI=1S/C14H14FN/c1-9(2)14(16)12-7-8-13(15)11-6-4-3-5-10(11)12/h3-8,14H,1,16H2,2H3. The molecule has 2 N–H and O–H groups in total. The zero-order chi connectivity index (χ0) is 11.7. The van der Waals surface area contributed by atoms with Gasteiger partial charge in [-0.05, 0) is 23.9 Å². The molecule has 0 aliphatic carbocycles. The van der Waals surface area contributed by atoms with Crippen molar-refractivity contribution in [2.75, 3.05) is 0 Å². The fraction of sp³-hybridized carbons (Fsp3) is 0.143. The van der Waals surface area contributed by atoms with Crippen molar-refractivity contribution in [2.45, 2.75) is 13.0 Å². The molecule has 0 spiro atoms. The van der Waals surface area contributed by atoms with Crippen LogP contribution in [-0.2, 0) is 0 Å². The van der Waals surface area contributed by atoms with Gasteiger partial charge in [-0.15, -0.1) is 0 Å². The van der Waals surface area contributed by atoms with Crippen LogP contribution in [0.4, 0.5) is 4.39 Å². The van der Waals surface area contributed by atoms with E-state index in [2.05, 4.69) is 6.58 Å². The number of hydrogen-bond acceptors (Lipinski definition) is 1. The molecule has 0 amide bonds. The third kappa shape index (κ3) is 1.72. The molecule has 82 valence electrons. The number of fused-ring (bicyclic) bond motifs is 1. The largest absolute Gasteiger partial charge is 0.321 e. The van der Waals surface area contributed by atoms with E-state index in [4.69, 9.17) is 5.73 Å². The Labute approximate surface area is 94.4 Å². The van der Waals surface area contributed by atoms with Gasteiger partial charge < -0.3 is 5.73 Å². The highest BCUT2D eigenvalue weighted by Gasteiger charge is 2.11. The first-order valence-corrected chi connectivity index (χ1v) is 5.19. The van der Waals surface area contributed by atoms with E-state index in [0.29, 0.717) is 5.39 Å². The summed E-state index contributed by atoms with van der Waals surface area (Å²) in [6.45, 7) is 5.72. The second kappa shape index (κ2) is 4.06. The average Bonchev–Trinajstić information content (AvgIpc) is 2.29. The predicted molar refractivity (Wildman–Crippen MR) is 65.6 cm³/mol. The lowest BCUT2D eigenvalue weighted by Gasteiger charge is -2.14. The Kier molecular flexibility index (Phi) is 2.75. The summed E-state index contributed by atoms with van der Waals surface area (Å²) in [5.74, 6) is -0.215. The summed E-state index contributed by atoms with van der Waals surface area (Å²) in [7, 11) is 0. The molecule has 0 fully saturated rings. The normalized spacial score (nSPS) is 12.7. The van der Waals surface area contributed by atoms with E-state index in [0.717, 1.165) is 16.5 Å². The Hall–Kier alpha value is -1.67. The van der Waals surface area contributed by atoms with Gasteiger partial charge in [0.15, 0.2) is 0 Å². The van der Waals surface area contributed by atoms with E-state index in [1.165, 1.54) is 6.07 Å². The number of halogens is 1. The second-order valence-corrected chi connectivity index (χ2v) is 4.01. The van der Waals surface area contributed by atoms with Crippen molar-refractivity contribution in [2.24, 2.45) is 5.73 Å². The zero-order valence-electron chi connectivity index (χ0n) is 9.20. The third-order valence-electron chi connectivity index (χ3n) is 2.77. The van der Waals surface area contributed by atoms with Crippen LogP contribution < -0.4 is 5.73 Å². The molecule has 1 nitrogen and oxygen atoms in total. The Bertz CT molecular complexity index is 545. The predicted octanol–water partition coefficient (Wildman–Crippen LogP) is 3.55. The van der Waals surface area contributed by atoms with E-state index in [1.54, 1.807) is 12.1 Å². The van der Waals surface area contributed by atoms with Gasteiger partial charge in [0.05, 0.1) is 6.04 Å². The number of benzene rings is 2. The van der Waals surface area contributed by atoms with Crippen molar-refractivity contribution in [1.29, 1.82) is 0 Å². The van der Waals surface area contributed by atoms with Crippen molar-refractivity contribution >= 4 is 10.8 Å². The van der Waals surface area contributed by atoms with Crippen molar-refractivity contribution < 1.29 is 4.39 Å². The first-order valence-electron chi connectivity index (χ1n) is 5.19. The van der Waals surface area contributed by atoms with E-state index in [9.17, 15) is 4.39 Å². The number of hydrogen-bond donors (Lipinski definition) is 1. The highest BCUT2D eigenvalue weighted by Crippen LogP contribution is 2.28. The van der Waals surface area contributed by atoms with Gasteiger partial charge >= 0.3 is 0 Å². The fourth-order valence-corrected chi connectivity index (χ4v) is 1.82. The van der Waals surface area contributed by atoms with E-state index >= 15 is 0 Å². The minimum Gasteiger partial charge on any atom is -0.321 e. The lowest BCUT2D eigenvalue weighted by molar-refractivity contribution is 0.639. The van der Waals surface area contributed by atoms with Crippen LogP contribution in [0.25, 0.3) is 10.8 Å². The van der Waals surface area contributed by atoms with Crippen LogP contribution in [0.2, 0.25) is 0 Å². The molecule has 0 radical (unpaired) electrons. The lowest BCUT2D eigenvalue weighted by Crippen LogP contribution is -2.11. The molecule has 2 aromatic rings. The van der Waals surface area contributed by atoms with Crippen LogP contribution in [0.3, 0.4) is 0 Å². The summed E-state index contributed by atoms with van der Waals surface area (Å²) in [6, 6.07) is 10.3. The molecule has 0 heterocycles. The molecular formula is C14H14FN. The van der Waals surface area contributed by atoms with Gasteiger partial charge in [0.2, 0.25) is 0 Å². The summed E-state index contributed by atoms with van der Waals surface area (Å²) >= 11 is 0. The van der Waals surface area contributed by atoms with Crippen LogP contribution in [0.15, 0.2) is 48.6 Å². The zero-order valence-corrected chi connectivity index (χ0v) is 9.20. The molecule has 2 aromatic carbocycles. The lowest BCUT2D eigenvalue weighted by atomic mass is 9.95. The van der Waals surface area contributed by atoms with Gasteiger partial charge in [0.25, 0.3) is 0 Å². The maximum absolute atomic E-state index is 13.6. The van der Waals surface area contributed by atoms with Crippen LogP contribution >= 0.6 is 0 Å². The quantitative estimate of drug-likeness (QED) is 0.762. The minimum absolute atomic E-state index is 0.215. The smallest absolute Gasteiger partial charge is 0.131 e. The summed E-state index contributed by atoms with van der Waals surface area (Å²) in [6.07, 6.45) is 0. The third-order valence-corrected chi connectivity index (χ3v) is 2.77. The Morgan fingerprint density at radius 1 is 1.19 bits per heavy atom. The van der Waals surface area contributed by atoms with Gasteiger partial charge in [-0.3, -0.25) is 0 Å². The number of rotatable bonds is 2. The molecule has 1 atom stereocenters. The molecular weight excluding hydrogens is 201 g/mol.